The largest absolute Gasteiger partial charge is 0.508 e. The van der Waals surface area contributed by atoms with Gasteiger partial charge in [-0.2, -0.15) is 0 Å². The van der Waals surface area contributed by atoms with Crippen LogP contribution in [0, 0.1) is 29.6 Å². The molecule has 2 aliphatic rings. The van der Waals surface area contributed by atoms with Gasteiger partial charge >= 0.3 is 5.97 Å². The molecule has 0 radical (unpaired) electrons. The van der Waals surface area contributed by atoms with E-state index in [1.54, 1.807) is 37.3 Å². The smallest absolute Gasteiger partial charge is 0.303 e. The zero-order chi connectivity index (χ0) is 41.5. The molecule has 2 aromatic carbocycles. The Kier molecular flexibility index (Phi) is 18.3. The highest BCUT2D eigenvalue weighted by Crippen LogP contribution is 2.40. The van der Waals surface area contributed by atoms with Gasteiger partial charge in [-0.3, -0.25) is 4.79 Å². The van der Waals surface area contributed by atoms with Crippen molar-refractivity contribution in [2.75, 3.05) is 13.2 Å². The number of fused-ring (bicyclic) bond motifs is 5. The van der Waals surface area contributed by atoms with E-state index in [9.17, 15) is 40.5 Å². The zero-order valence-corrected chi connectivity index (χ0v) is 34.6. The summed E-state index contributed by atoms with van der Waals surface area (Å²) in [5.74, 6) is 6.26. The molecule has 2 bridgehead atoms. The number of carboxylic acid groups (broad SMARTS) is 1. The Balaban J connectivity index is 1.95. The number of phenolic OH excluding ortho intramolecular Hbond substituents is 1. The van der Waals surface area contributed by atoms with E-state index in [1.807, 2.05) is 25.1 Å². The molecule has 1 heterocycles. The Hall–Kier alpha value is -3.49. The fourth-order valence-electron chi connectivity index (χ4n) is 8.63. The minimum atomic E-state index is -1.38. The van der Waals surface area contributed by atoms with Crippen molar-refractivity contribution in [2.45, 2.75) is 153 Å². The number of phenols is 1. The first-order valence-electron chi connectivity index (χ1n) is 21.3. The summed E-state index contributed by atoms with van der Waals surface area (Å²) in [6.07, 6.45) is 8.75. The van der Waals surface area contributed by atoms with E-state index in [-0.39, 0.29) is 42.9 Å². The Morgan fingerprint density at radius 3 is 2.40 bits per heavy atom. The molecule has 0 saturated heterocycles. The molecule has 2 aromatic rings. The van der Waals surface area contributed by atoms with Gasteiger partial charge in [-0.25, -0.2) is 0 Å². The summed E-state index contributed by atoms with van der Waals surface area (Å²) >= 11 is 0. The number of aliphatic hydroxyl groups is 5. The molecule has 0 amide bonds. The van der Waals surface area contributed by atoms with E-state index >= 15 is 0 Å². The normalized spacial score (nSPS) is 26.3. The lowest BCUT2D eigenvalue weighted by molar-refractivity contribution is -0.137. The highest BCUT2D eigenvalue weighted by molar-refractivity contribution is 5.66. The molecule has 57 heavy (non-hydrogen) atoms. The molecule has 0 spiro atoms. The molecule has 9 atom stereocenters. The lowest BCUT2D eigenvalue weighted by Crippen LogP contribution is -2.50. The number of carbonyl (C=O) groups is 1. The first-order valence-corrected chi connectivity index (χ1v) is 21.3. The summed E-state index contributed by atoms with van der Waals surface area (Å²) in [6, 6.07) is 14.7. The van der Waals surface area contributed by atoms with Gasteiger partial charge in [0.25, 0.3) is 0 Å². The Morgan fingerprint density at radius 1 is 0.982 bits per heavy atom. The summed E-state index contributed by atoms with van der Waals surface area (Å²) in [7, 11) is 0. The van der Waals surface area contributed by atoms with Gasteiger partial charge in [0.15, 0.2) is 0 Å². The van der Waals surface area contributed by atoms with Crippen LogP contribution >= 0.6 is 0 Å². The summed E-state index contributed by atoms with van der Waals surface area (Å²) < 4.78 is 0. The number of aromatic hydroxyl groups is 1. The first kappa shape index (κ1) is 46.2. The van der Waals surface area contributed by atoms with Crippen LogP contribution in [0.1, 0.15) is 133 Å². The van der Waals surface area contributed by atoms with Crippen LogP contribution < -0.4 is 5.32 Å². The predicted octanol–water partition coefficient (Wildman–Crippen LogP) is 7.14. The molecule has 8 N–H and O–H groups in total. The maximum atomic E-state index is 12.4. The second kappa shape index (κ2) is 22.6. The van der Waals surface area contributed by atoms with E-state index < -0.39 is 48.4 Å². The summed E-state index contributed by atoms with van der Waals surface area (Å²) in [6.45, 7) is 7.87. The van der Waals surface area contributed by atoms with Crippen LogP contribution in [0.15, 0.2) is 71.8 Å². The minimum Gasteiger partial charge on any atom is -0.508 e. The van der Waals surface area contributed by atoms with Gasteiger partial charge in [-0.15, -0.1) is 0 Å². The van der Waals surface area contributed by atoms with Crippen molar-refractivity contribution >= 4 is 5.97 Å². The lowest BCUT2D eigenvalue weighted by Gasteiger charge is -2.40. The van der Waals surface area contributed by atoms with Crippen molar-refractivity contribution in [3.05, 3.63) is 88.5 Å². The molecule has 1 aliphatic carbocycles. The van der Waals surface area contributed by atoms with Gasteiger partial charge in [-0.05, 0) is 110 Å². The van der Waals surface area contributed by atoms with Crippen LogP contribution in [-0.4, -0.2) is 84.8 Å². The fraction of sp³-hybridized carbons (Fsp3) is 0.604. The minimum absolute atomic E-state index is 0.0767. The van der Waals surface area contributed by atoms with Crippen LogP contribution in [0.4, 0.5) is 0 Å². The summed E-state index contributed by atoms with van der Waals surface area (Å²) in [5.41, 5.74) is 3.39. The Labute approximate surface area is 341 Å². The number of nitrogens with one attached hydrogen (secondary N) is 1. The molecule has 4 rings (SSSR count). The molecule has 9 heteroatoms. The topological polar surface area (TPSA) is 171 Å². The van der Waals surface area contributed by atoms with Crippen LogP contribution in [0.2, 0.25) is 0 Å². The highest BCUT2D eigenvalue weighted by atomic mass is 16.4. The van der Waals surface area contributed by atoms with E-state index in [2.05, 4.69) is 43.1 Å². The molecule has 0 fully saturated rings. The van der Waals surface area contributed by atoms with E-state index in [4.69, 9.17) is 0 Å². The molecular formula is C48H69NO8. The second-order valence-electron chi connectivity index (χ2n) is 17.3. The average Bonchev–Trinajstić information content (AvgIpc) is 3.18. The number of aliphatic hydroxyl groups excluding tert-OH is 4. The number of carboxylic acids is 1. The van der Waals surface area contributed by atoms with Crippen molar-refractivity contribution in [3.8, 4) is 17.6 Å². The van der Waals surface area contributed by atoms with Crippen molar-refractivity contribution < 1.29 is 40.5 Å². The predicted molar refractivity (Wildman–Crippen MR) is 226 cm³/mol. The fourth-order valence-corrected chi connectivity index (χ4v) is 8.63. The Morgan fingerprint density at radius 2 is 1.72 bits per heavy atom. The van der Waals surface area contributed by atoms with Crippen LogP contribution in [0.25, 0.3) is 0 Å². The molecule has 314 valence electrons. The van der Waals surface area contributed by atoms with E-state index in [0.717, 1.165) is 66.4 Å². The van der Waals surface area contributed by atoms with Crippen molar-refractivity contribution in [1.29, 1.82) is 0 Å². The monoisotopic (exact) mass is 788 g/mol. The van der Waals surface area contributed by atoms with Gasteiger partial charge in [0.2, 0.25) is 0 Å². The summed E-state index contributed by atoms with van der Waals surface area (Å²) in [5, 5.41) is 79.2. The number of unbranched alkanes of at least 4 members (excludes halogenated alkanes) is 1. The lowest BCUT2D eigenvalue weighted by atomic mass is 9.72. The van der Waals surface area contributed by atoms with Crippen molar-refractivity contribution in [3.63, 3.8) is 0 Å². The number of rotatable bonds is 19. The van der Waals surface area contributed by atoms with Gasteiger partial charge in [0.05, 0.1) is 36.4 Å². The number of hydrogen-bond donors (Lipinski definition) is 8. The van der Waals surface area contributed by atoms with Crippen LogP contribution in [-0.2, 0) is 11.2 Å². The standard InChI is InChI=1S/C48H69NO8/c1-5-6-11-44(53)45(54)26-22-35-18-17-34-9-7-8-10-41(34)37-21-25-43(36-19-23-39(51)24-20-36)48(4,57)31-49-47(42(35)29-40(52)30-50)38(28-37)16-14-33(13-12-32(2)3)15-27-46(55)56/h7-10,19-20,22-24,26,32-33,37-38,40,43-45,47,49-54,57H,5-6,11-18,27-31H2,1-4H3,(H,55,56)/b26-22+,42-35+/t33-,37+,38-,40-,43-,44-,45+,47-,48+/m0/s1. The third-order valence-electron chi connectivity index (χ3n) is 12.1. The number of aryl methyl sites for hydroxylation is 1. The number of hydrogen-bond acceptors (Lipinski definition) is 8. The Bertz CT molecular complexity index is 1670. The third-order valence-corrected chi connectivity index (χ3v) is 12.1. The van der Waals surface area contributed by atoms with Crippen molar-refractivity contribution in [2.24, 2.45) is 17.8 Å². The summed E-state index contributed by atoms with van der Waals surface area (Å²) in [4.78, 5) is 11.7. The highest BCUT2D eigenvalue weighted by Gasteiger charge is 2.38. The molecule has 0 unspecified atom stereocenters. The van der Waals surface area contributed by atoms with Crippen LogP contribution in [0.3, 0.4) is 0 Å². The van der Waals surface area contributed by atoms with Gasteiger partial charge in [0, 0.05) is 24.9 Å². The van der Waals surface area contributed by atoms with Gasteiger partial charge < -0.3 is 41.1 Å². The number of benzene rings is 2. The number of aliphatic carboxylic acids is 1. The van der Waals surface area contributed by atoms with Gasteiger partial charge in [-0.1, -0.05) is 113 Å². The SMILES string of the molecule is CCCC[C@H](O)[C@H](O)/C=C/C1=C(\C[C@H](O)CO)[C@H]2NC[C@@](C)(O)[C@H](c3ccc(O)cc3)C#C[C@H](C[C@@H]2CC[C@@H](CCC(=O)O)CCC(C)C)c2ccccc2CC1. The maximum absolute atomic E-state index is 12.4. The van der Waals surface area contributed by atoms with Gasteiger partial charge in [0.1, 0.15) is 5.75 Å². The number of allylic oxidation sites excluding steroid dienone is 2. The molecule has 1 aliphatic heterocycles. The molecular weight excluding hydrogens is 719 g/mol. The van der Waals surface area contributed by atoms with E-state index in [1.165, 1.54) is 0 Å². The average molecular weight is 788 g/mol. The second-order valence-corrected chi connectivity index (χ2v) is 17.3. The molecule has 9 nitrogen and oxygen atoms in total. The molecule has 0 saturated carbocycles. The number of β-amino-alcohol motifs (C(OH)–C–C–N with tert-alkyl or cyclic N) is 1. The third kappa shape index (κ3) is 14.1. The van der Waals surface area contributed by atoms with E-state index in [0.29, 0.717) is 38.0 Å². The van der Waals surface area contributed by atoms with Crippen molar-refractivity contribution in [1.82, 2.24) is 5.32 Å². The maximum Gasteiger partial charge on any atom is 0.303 e. The quantitative estimate of drug-likeness (QED) is 0.0690. The zero-order valence-electron chi connectivity index (χ0n) is 34.6. The van der Waals surface area contributed by atoms with Crippen LogP contribution in [0.5, 0.6) is 5.75 Å². The first-order chi connectivity index (χ1) is 27.2. The molecule has 0 aromatic heterocycles.